The van der Waals surface area contributed by atoms with E-state index in [0.29, 0.717) is 24.3 Å². The van der Waals surface area contributed by atoms with Crippen molar-refractivity contribution in [3.63, 3.8) is 0 Å². The lowest BCUT2D eigenvalue weighted by Gasteiger charge is -2.31. The number of pyridine rings is 1. The number of aromatic nitrogens is 1. The number of primary amides is 1. The first kappa shape index (κ1) is 28.4. The highest BCUT2D eigenvalue weighted by molar-refractivity contribution is 7.71. The largest absolute Gasteiger partial charge is 0.493 e. The first-order valence-corrected chi connectivity index (χ1v) is 11.9. The van der Waals surface area contributed by atoms with E-state index < -0.39 is 0 Å². The fraction of sp³-hybridized carbons (Fsp3) is 0.520. The number of allylic oxidation sites excluding steroid dienone is 3. The predicted octanol–water partition coefficient (Wildman–Crippen LogP) is 5.13. The third kappa shape index (κ3) is 8.35. The Labute approximate surface area is 202 Å². The van der Waals surface area contributed by atoms with Crippen molar-refractivity contribution < 1.29 is 13.9 Å². The predicted molar refractivity (Wildman–Crippen MR) is 136 cm³/mol. The van der Waals surface area contributed by atoms with Crippen molar-refractivity contribution in [2.75, 3.05) is 26.9 Å². The van der Waals surface area contributed by atoms with Crippen LogP contribution in [-0.4, -0.2) is 43.2 Å². The number of rotatable bonds is 3. The summed E-state index contributed by atoms with van der Waals surface area (Å²) in [5.41, 5.74) is 16.1. The lowest BCUT2D eigenvalue weighted by atomic mass is 9.89. The normalized spacial score (nSPS) is 19.3. The van der Waals surface area contributed by atoms with Gasteiger partial charge in [-0.25, -0.2) is 0 Å². The van der Waals surface area contributed by atoms with E-state index in [9.17, 15) is 4.39 Å². The molecule has 0 bridgehead atoms. The summed E-state index contributed by atoms with van der Waals surface area (Å²) in [6, 6.07) is 4.01. The minimum Gasteiger partial charge on any atom is -0.493 e. The molecule has 3 aliphatic rings. The van der Waals surface area contributed by atoms with Crippen LogP contribution in [0.1, 0.15) is 57.2 Å². The van der Waals surface area contributed by atoms with Gasteiger partial charge < -0.3 is 26.1 Å². The molecule has 1 aromatic heterocycles. The first-order chi connectivity index (χ1) is 16.0. The first-order valence-electron chi connectivity index (χ1n) is 11.5. The Morgan fingerprint density at radius 1 is 1.24 bits per heavy atom. The molecule has 5 N–H and O–H groups in total. The van der Waals surface area contributed by atoms with Gasteiger partial charge in [-0.05, 0) is 62.8 Å². The van der Waals surface area contributed by atoms with Gasteiger partial charge in [0.25, 0.3) is 0 Å². The lowest BCUT2D eigenvalue weighted by Crippen LogP contribution is -2.24. The van der Waals surface area contributed by atoms with Crippen molar-refractivity contribution in [1.29, 1.82) is 0 Å². The Bertz CT molecular complexity index is 902. The zero-order valence-electron chi connectivity index (χ0n) is 20.3. The Hall–Kier alpha value is -2.61. The summed E-state index contributed by atoms with van der Waals surface area (Å²) < 4.78 is 16.3. The van der Waals surface area contributed by atoms with E-state index in [1.165, 1.54) is 37.2 Å². The van der Waals surface area contributed by atoms with Crippen LogP contribution in [0.15, 0.2) is 41.3 Å². The summed E-state index contributed by atoms with van der Waals surface area (Å²) in [6.07, 6.45) is 10.6. The molecular formula is C25H39FN4O2S. The molecule has 1 unspecified atom stereocenters. The second-order valence-corrected chi connectivity index (χ2v) is 8.12. The van der Waals surface area contributed by atoms with Crippen LogP contribution in [0.25, 0.3) is 5.70 Å². The molecule has 2 aliphatic heterocycles. The van der Waals surface area contributed by atoms with Crippen molar-refractivity contribution in [1.82, 2.24) is 9.88 Å². The van der Waals surface area contributed by atoms with E-state index in [4.69, 9.17) is 27.5 Å². The Morgan fingerprint density at radius 3 is 2.48 bits per heavy atom. The third-order valence-electron chi connectivity index (χ3n) is 5.58. The summed E-state index contributed by atoms with van der Waals surface area (Å²) in [5, 5.41) is 0. The third-order valence-corrected chi connectivity index (χ3v) is 5.91. The standard InChI is InChI=1S/C21H27N3OS.C2H6.CH3F.CH3NO/c1-14-4-7-18(21(26)23-14)19(22)11-15-10-16-5-6-17(12-20(16)25-13-15)24-8-2-3-9-24;2*1-2;2-1-3/h4,7,11-12,15H,2-3,5-6,8-10,13,22H2,1H3,(H,23,26);1-2H3;1H3;1H,(H2,2,3)/b19-11-;;;. The van der Waals surface area contributed by atoms with E-state index in [2.05, 4.69) is 27.8 Å². The highest BCUT2D eigenvalue weighted by atomic mass is 32.1. The SMILES string of the molecule is CC.CF.Cc1ccc(/C(N)=C/C2COC3=C(CCC(N4CCCC4)=C3)C2)c(=S)[nH]1.NC=O. The number of ether oxygens (including phenoxy) is 1. The van der Waals surface area contributed by atoms with Crippen molar-refractivity contribution in [3.8, 4) is 0 Å². The molecule has 0 aromatic carbocycles. The summed E-state index contributed by atoms with van der Waals surface area (Å²) >= 11 is 5.41. The molecule has 1 atom stereocenters. The number of carbonyl (C=O) groups excluding carboxylic acids is 1. The molecule has 1 aromatic rings. The Kier molecular flexibility index (Phi) is 13.1. The number of nitrogens with one attached hydrogen (secondary N) is 1. The maximum Gasteiger partial charge on any atom is 0.204 e. The maximum absolute atomic E-state index is 9.50. The van der Waals surface area contributed by atoms with Gasteiger partial charge in [0, 0.05) is 41.7 Å². The second-order valence-electron chi connectivity index (χ2n) is 7.72. The summed E-state index contributed by atoms with van der Waals surface area (Å²) in [7, 11) is 0.500. The average Bonchev–Trinajstić information content (AvgIpc) is 3.37. The number of aryl methyl sites for hydroxylation is 1. The molecule has 184 valence electrons. The van der Waals surface area contributed by atoms with Gasteiger partial charge in [-0.15, -0.1) is 0 Å². The minimum absolute atomic E-state index is 0.250. The van der Waals surface area contributed by atoms with E-state index >= 15 is 0 Å². The van der Waals surface area contributed by atoms with Gasteiger partial charge in [0.1, 0.15) is 10.4 Å². The molecule has 6 nitrogen and oxygen atoms in total. The topological polar surface area (TPSA) is 97.4 Å². The molecule has 8 heteroatoms. The van der Waals surface area contributed by atoms with Crippen molar-refractivity contribution in [2.24, 2.45) is 17.4 Å². The lowest BCUT2D eigenvalue weighted by molar-refractivity contribution is -0.106. The van der Waals surface area contributed by atoms with Crippen LogP contribution in [0.5, 0.6) is 0 Å². The van der Waals surface area contributed by atoms with Gasteiger partial charge in [0.15, 0.2) is 0 Å². The Morgan fingerprint density at radius 2 is 1.88 bits per heavy atom. The van der Waals surface area contributed by atoms with Crippen molar-refractivity contribution >= 4 is 24.3 Å². The quantitative estimate of drug-likeness (QED) is 0.413. The minimum atomic E-state index is 0.250. The van der Waals surface area contributed by atoms with Crippen molar-refractivity contribution in [2.45, 2.75) is 52.9 Å². The molecule has 1 amide bonds. The van der Waals surface area contributed by atoms with Crippen LogP contribution in [0.2, 0.25) is 0 Å². The monoisotopic (exact) mass is 478 g/mol. The number of halogens is 1. The average molecular weight is 479 g/mol. The van der Waals surface area contributed by atoms with Crippen LogP contribution in [-0.2, 0) is 9.53 Å². The summed E-state index contributed by atoms with van der Waals surface area (Å²) in [5.74, 6) is 1.42. The summed E-state index contributed by atoms with van der Waals surface area (Å²) in [6.45, 7) is 9.09. The number of nitrogens with two attached hydrogens (primary N) is 2. The second kappa shape index (κ2) is 15.3. The number of alkyl halides is 1. The van der Waals surface area contributed by atoms with Gasteiger partial charge in [0.2, 0.25) is 6.41 Å². The molecule has 1 saturated heterocycles. The highest BCUT2D eigenvalue weighted by Gasteiger charge is 2.26. The number of aromatic amines is 1. The molecule has 0 radical (unpaired) electrons. The number of likely N-dealkylation sites (tertiary alicyclic amines) is 1. The van der Waals surface area contributed by atoms with E-state index in [1.54, 1.807) is 0 Å². The smallest absolute Gasteiger partial charge is 0.204 e. The van der Waals surface area contributed by atoms with Crippen LogP contribution < -0.4 is 11.5 Å². The summed E-state index contributed by atoms with van der Waals surface area (Å²) in [4.78, 5) is 14.3. The molecule has 1 aliphatic carbocycles. The molecule has 0 saturated carbocycles. The van der Waals surface area contributed by atoms with E-state index in [-0.39, 0.29) is 6.41 Å². The van der Waals surface area contributed by atoms with Gasteiger partial charge in [-0.1, -0.05) is 32.1 Å². The maximum atomic E-state index is 9.50. The number of hydrogen-bond donors (Lipinski definition) is 3. The fourth-order valence-corrected chi connectivity index (χ4v) is 4.50. The number of hydrogen-bond acceptors (Lipinski definition) is 5. The number of carbonyl (C=O) groups is 1. The van der Waals surface area contributed by atoms with Crippen LogP contribution in [0.3, 0.4) is 0 Å². The number of amides is 1. The van der Waals surface area contributed by atoms with Gasteiger partial charge >= 0.3 is 0 Å². The van der Waals surface area contributed by atoms with Crippen molar-refractivity contribution in [3.05, 3.63) is 57.2 Å². The molecule has 0 spiro atoms. The highest BCUT2D eigenvalue weighted by Crippen LogP contribution is 2.36. The molecule has 3 heterocycles. The van der Waals surface area contributed by atoms with E-state index in [0.717, 1.165) is 42.0 Å². The van der Waals surface area contributed by atoms with Crippen LogP contribution >= 0.6 is 12.2 Å². The van der Waals surface area contributed by atoms with Crippen LogP contribution in [0, 0.1) is 17.5 Å². The number of H-pyrrole nitrogens is 1. The van der Waals surface area contributed by atoms with Gasteiger partial charge in [0.05, 0.1) is 13.8 Å². The molecule has 1 fully saturated rings. The van der Waals surface area contributed by atoms with Gasteiger partial charge in [-0.2, -0.15) is 0 Å². The van der Waals surface area contributed by atoms with E-state index in [1.807, 2.05) is 32.9 Å². The van der Waals surface area contributed by atoms with Crippen LogP contribution in [0.4, 0.5) is 4.39 Å². The molecule has 33 heavy (non-hydrogen) atoms. The fourth-order valence-electron chi connectivity index (χ4n) is 4.15. The zero-order valence-corrected chi connectivity index (χ0v) is 21.1. The van der Waals surface area contributed by atoms with Gasteiger partial charge in [-0.3, -0.25) is 9.18 Å². The molecular weight excluding hydrogens is 439 g/mol. The Balaban J connectivity index is 0.000000705. The molecule has 4 rings (SSSR count). The number of nitrogens with zero attached hydrogens (tertiary/aromatic N) is 1. The zero-order chi connectivity index (χ0) is 24.8.